The lowest BCUT2D eigenvalue weighted by Gasteiger charge is -1.99. The van der Waals surface area contributed by atoms with Gasteiger partial charge in [-0.1, -0.05) is 51.3 Å². The van der Waals surface area contributed by atoms with Gasteiger partial charge in [-0.15, -0.1) is 11.8 Å². The van der Waals surface area contributed by atoms with Crippen LogP contribution in [0.4, 0.5) is 0 Å². The predicted molar refractivity (Wildman–Crippen MR) is 65.2 cm³/mol. The number of hydrogen-bond acceptors (Lipinski definition) is 1. The van der Waals surface area contributed by atoms with E-state index < -0.39 is 0 Å². The molecule has 0 aliphatic carbocycles. The molecule has 0 atom stereocenters. The normalized spacial score (nSPS) is 10.9. The van der Waals surface area contributed by atoms with E-state index in [1.165, 1.54) is 37.7 Å². The highest BCUT2D eigenvalue weighted by atomic mass is 32.2. The Morgan fingerprint density at radius 1 is 1.23 bits per heavy atom. The molecule has 0 aromatic carbocycles. The summed E-state index contributed by atoms with van der Waals surface area (Å²) in [6.45, 7) is 8.43. The Kier molecular flexibility index (Phi) is 9.78. The first-order valence-corrected chi connectivity index (χ1v) is 6.32. The van der Waals surface area contributed by atoms with E-state index in [9.17, 15) is 0 Å². The van der Waals surface area contributed by atoms with E-state index in [-0.39, 0.29) is 0 Å². The van der Waals surface area contributed by atoms with Crippen LogP contribution in [0.15, 0.2) is 23.6 Å². The van der Waals surface area contributed by atoms with Crippen LogP contribution in [0.1, 0.15) is 46.0 Å². The third-order valence-corrected chi connectivity index (χ3v) is 2.58. The second-order valence-corrected chi connectivity index (χ2v) is 4.41. The highest BCUT2D eigenvalue weighted by Crippen LogP contribution is 2.11. The smallest absolute Gasteiger partial charge is 0.00544 e. The minimum atomic E-state index is 1.15. The molecule has 0 N–H and O–H groups in total. The summed E-state index contributed by atoms with van der Waals surface area (Å²) >= 11 is 1.84. The van der Waals surface area contributed by atoms with Gasteiger partial charge in [-0.05, 0) is 24.0 Å². The van der Waals surface area contributed by atoms with Crippen molar-refractivity contribution in [2.24, 2.45) is 0 Å². The van der Waals surface area contributed by atoms with Crippen LogP contribution in [0.3, 0.4) is 0 Å². The highest BCUT2D eigenvalue weighted by molar-refractivity contribution is 8.02. The zero-order valence-electron chi connectivity index (χ0n) is 9.01. The first-order chi connectivity index (χ1) is 6.31. The van der Waals surface area contributed by atoms with Gasteiger partial charge in [0.15, 0.2) is 0 Å². The van der Waals surface area contributed by atoms with Crippen molar-refractivity contribution in [1.29, 1.82) is 0 Å². The van der Waals surface area contributed by atoms with Crippen LogP contribution in [-0.2, 0) is 0 Å². The Morgan fingerprint density at radius 2 is 2.00 bits per heavy atom. The average molecular weight is 198 g/mol. The maximum absolute atomic E-state index is 4.02. The maximum atomic E-state index is 4.02. The van der Waals surface area contributed by atoms with Crippen LogP contribution in [0, 0.1) is 0 Å². The van der Waals surface area contributed by atoms with Crippen LogP contribution >= 0.6 is 11.8 Å². The molecule has 13 heavy (non-hydrogen) atoms. The molecule has 0 unspecified atom stereocenters. The lowest BCUT2D eigenvalue weighted by Crippen LogP contribution is -1.79. The number of hydrogen-bond donors (Lipinski definition) is 0. The maximum Gasteiger partial charge on any atom is -0.00544 e. The van der Waals surface area contributed by atoms with Crippen molar-refractivity contribution in [2.45, 2.75) is 46.0 Å². The summed E-state index contributed by atoms with van der Waals surface area (Å²) in [7, 11) is 0. The fraction of sp³-hybridized carbons (Fsp3) is 0.667. The minimum absolute atomic E-state index is 1.15. The van der Waals surface area contributed by atoms with Gasteiger partial charge in [0.05, 0.1) is 0 Å². The SMILES string of the molecule is C=C(/C=C\SCC)CCCCCC. The number of rotatable bonds is 8. The third kappa shape index (κ3) is 9.75. The molecule has 0 saturated carbocycles. The predicted octanol–water partition coefficient (Wildman–Crippen LogP) is 4.78. The first kappa shape index (κ1) is 12.8. The van der Waals surface area contributed by atoms with Gasteiger partial charge in [-0.25, -0.2) is 0 Å². The van der Waals surface area contributed by atoms with E-state index in [0.29, 0.717) is 0 Å². The van der Waals surface area contributed by atoms with Gasteiger partial charge in [0, 0.05) is 0 Å². The Labute approximate surface area is 87.5 Å². The van der Waals surface area contributed by atoms with Gasteiger partial charge < -0.3 is 0 Å². The monoisotopic (exact) mass is 198 g/mol. The number of unbranched alkanes of at least 4 members (excludes halogenated alkanes) is 3. The quantitative estimate of drug-likeness (QED) is 0.399. The van der Waals surface area contributed by atoms with Gasteiger partial charge >= 0.3 is 0 Å². The van der Waals surface area contributed by atoms with Crippen LogP contribution in [-0.4, -0.2) is 5.75 Å². The van der Waals surface area contributed by atoms with E-state index >= 15 is 0 Å². The standard InChI is InChI=1S/C12H22S/c1-4-6-7-8-9-12(3)10-11-13-5-2/h10-11H,3-9H2,1-2H3/b11-10-. The molecule has 0 fully saturated rings. The van der Waals surface area contributed by atoms with Crippen molar-refractivity contribution in [2.75, 3.05) is 5.75 Å². The van der Waals surface area contributed by atoms with E-state index in [1.54, 1.807) is 0 Å². The molecule has 0 heterocycles. The largest absolute Gasteiger partial charge is 0.134 e. The molecular weight excluding hydrogens is 176 g/mol. The molecule has 0 spiro atoms. The van der Waals surface area contributed by atoms with Crippen molar-refractivity contribution in [3.05, 3.63) is 23.6 Å². The Balaban J connectivity index is 3.29. The summed E-state index contributed by atoms with van der Waals surface area (Å²) in [6.07, 6.45) is 8.65. The third-order valence-electron chi connectivity index (χ3n) is 1.92. The number of allylic oxidation sites excluding steroid dienone is 2. The zero-order chi connectivity index (χ0) is 9.94. The van der Waals surface area contributed by atoms with Crippen molar-refractivity contribution >= 4 is 11.8 Å². The van der Waals surface area contributed by atoms with E-state index in [0.717, 1.165) is 5.75 Å². The second-order valence-electron chi connectivity index (χ2n) is 3.23. The molecule has 0 rings (SSSR count). The zero-order valence-corrected chi connectivity index (χ0v) is 9.83. The van der Waals surface area contributed by atoms with Gasteiger partial charge in [0.1, 0.15) is 0 Å². The first-order valence-electron chi connectivity index (χ1n) is 5.27. The Hall–Kier alpha value is -0.170. The summed E-state index contributed by atoms with van der Waals surface area (Å²) in [5.41, 5.74) is 1.28. The molecule has 0 nitrogen and oxygen atoms in total. The molecule has 1 heteroatoms. The molecule has 0 radical (unpaired) electrons. The van der Waals surface area contributed by atoms with Gasteiger partial charge in [-0.3, -0.25) is 0 Å². The lowest BCUT2D eigenvalue weighted by molar-refractivity contribution is 0.669. The molecule has 0 aliphatic rings. The highest BCUT2D eigenvalue weighted by Gasteiger charge is 1.90. The van der Waals surface area contributed by atoms with E-state index in [1.807, 2.05) is 11.8 Å². The summed E-state index contributed by atoms with van der Waals surface area (Å²) in [5.74, 6) is 1.15. The minimum Gasteiger partial charge on any atom is -0.134 e. The molecule has 0 aromatic rings. The fourth-order valence-electron chi connectivity index (χ4n) is 1.10. The van der Waals surface area contributed by atoms with Gasteiger partial charge in [0.2, 0.25) is 0 Å². The summed E-state index contributed by atoms with van der Waals surface area (Å²) in [5, 5.41) is 2.15. The summed E-state index contributed by atoms with van der Waals surface area (Å²) in [6, 6.07) is 0. The number of thioether (sulfide) groups is 1. The Bertz CT molecular complexity index is 147. The van der Waals surface area contributed by atoms with Crippen molar-refractivity contribution in [3.63, 3.8) is 0 Å². The summed E-state index contributed by atoms with van der Waals surface area (Å²) < 4.78 is 0. The molecule has 0 aromatic heterocycles. The molecule has 76 valence electrons. The lowest BCUT2D eigenvalue weighted by atomic mass is 10.1. The van der Waals surface area contributed by atoms with Gasteiger partial charge in [0.25, 0.3) is 0 Å². The summed E-state index contributed by atoms with van der Waals surface area (Å²) in [4.78, 5) is 0. The fourth-order valence-corrected chi connectivity index (χ4v) is 1.58. The van der Waals surface area contributed by atoms with Crippen molar-refractivity contribution in [3.8, 4) is 0 Å². The van der Waals surface area contributed by atoms with Crippen LogP contribution in [0.5, 0.6) is 0 Å². The molecule has 0 saturated heterocycles. The second kappa shape index (κ2) is 9.91. The van der Waals surface area contributed by atoms with E-state index in [2.05, 4.69) is 31.9 Å². The average Bonchev–Trinajstić information content (AvgIpc) is 2.13. The molecule has 0 amide bonds. The van der Waals surface area contributed by atoms with Gasteiger partial charge in [-0.2, -0.15) is 0 Å². The topological polar surface area (TPSA) is 0 Å². The molecule has 0 bridgehead atoms. The Morgan fingerprint density at radius 3 is 2.62 bits per heavy atom. The van der Waals surface area contributed by atoms with Crippen LogP contribution in [0.2, 0.25) is 0 Å². The van der Waals surface area contributed by atoms with Crippen molar-refractivity contribution < 1.29 is 0 Å². The molecule has 0 aliphatic heterocycles. The van der Waals surface area contributed by atoms with Crippen LogP contribution in [0.25, 0.3) is 0 Å². The van der Waals surface area contributed by atoms with Crippen LogP contribution < -0.4 is 0 Å². The van der Waals surface area contributed by atoms with E-state index in [4.69, 9.17) is 0 Å². The van der Waals surface area contributed by atoms with Crippen molar-refractivity contribution in [1.82, 2.24) is 0 Å². The molecular formula is C12H22S.